The molecule has 56 heavy (non-hydrogen) atoms. The molecule has 2 aliphatic rings. The SMILES string of the molecule is C=CCN(CC=C)CCN1C(=O)c2ccccc2C12c1cc(C)c(NCC)cc1Oc1cc(N(CC)S(=O)(=O)c3cccc4c(N(C)C)cccc34)c(C)cc12. The Balaban J connectivity index is 1.46. The van der Waals surface area contributed by atoms with Crippen molar-refractivity contribution in [2.75, 3.05) is 67.9 Å². The molecular formula is C46H51N5O4S. The molecule has 0 aliphatic carbocycles. The molecule has 1 unspecified atom stereocenters. The lowest BCUT2D eigenvalue weighted by molar-refractivity contribution is 0.0642. The van der Waals surface area contributed by atoms with Gasteiger partial charge in [0.15, 0.2) is 0 Å². The summed E-state index contributed by atoms with van der Waals surface area (Å²) in [5.74, 6) is 1.03. The van der Waals surface area contributed by atoms with E-state index in [0.717, 1.165) is 44.6 Å². The van der Waals surface area contributed by atoms with Crippen LogP contribution in [0.4, 0.5) is 17.1 Å². The van der Waals surface area contributed by atoms with Gasteiger partial charge in [0.2, 0.25) is 0 Å². The van der Waals surface area contributed by atoms with Gasteiger partial charge in [0.1, 0.15) is 17.0 Å². The van der Waals surface area contributed by atoms with Crippen LogP contribution in [0.3, 0.4) is 0 Å². The third kappa shape index (κ3) is 6.12. The molecule has 0 radical (unpaired) electrons. The number of hydrogen-bond donors (Lipinski definition) is 1. The van der Waals surface area contributed by atoms with Crippen LogP contribution in [0.1, 0.15) is 52.0 Å². The number of aryl methyl sites for hydroxylation is 2. The molecule has 2 heterocycles. The van der Waals surface area contributed by atoms with Gasteiger partial charge >= 0.3 is 0 Å². The molecule has 1 N–H and O–H groups in total. The largest absolute Gasteiger partial charge is 0.456 e. The maximum atomic E-state index is 14.9. The van der Waals surface area contributed by atoms with Crippen LogP contribution in [0.15, 0.2) is 115 Å². The van der Waals surface area contributed by atoms with Crippen molar-refractivity contribution in [1.29, 1.82) is 0 Å². The first-order valence-corrected chi connectivity index (χ1v) is 20.7. The smallest absolute Gasteiger partial charge is 0.264 e. The number of anilines is 3. The summed E-state index contributed by atoms with van der Waals surface area (Å²) in [4.78, 5) is 21.2. The molecular weight excluding hydrogens is 719 g/mol. The minimum absolute atomic E-state index is 0.0717. The Bertz CT molecular complexity index is 2470. The highest BCUT2D eigenvalue weighted by atomic mass is 32.2. The minimum Gasteiger partial charge on any atom is -0.456 e. The van der Waals surface area contributed by atoms with E-state index in [9.17, 15) is 13.2 Å². The number of nitrogens with one attached hydrogen (secondary N) is 1. The van der Waals surface area contributed by atoms with Gasteiger partial charge in [0.05, 0.1) is 10.6 Å². The lowest BCUT2D eigenvalue weighted by Gasteiger charge is -2.45. The Morgan fingerprint density at radius 1 is 0.804 bits per heavy atom. The van der Waals surface area contributed by atoms with Crippen molar-refractivity contribution in [3.63, 3.8) is 0 Å². The lowest BCUT2D eigenvalue weighted by Crippen LogP contribution is -2.50. The number of amides is 1. The maximum absolute atomic E-state index is 14.9. The quantitative estimate of drug-likeness (QED) is 0.113. The number of fused-ring (bicyclic) bond motifs is 7. The van der Waals surface area contributed by atoms with Gasteiger partial charge in [-0.15, -0.1) is 13.2 Å². The average Bonchev–Trinajstić information content (AvgIpc) is 3.42. The van der Waals surface area contributed by atoms with E-state index in [0.29, 0.717) is 60.9 Å². The molecule has 7 rings (SSSR count). The number of nitrogens with zero attached hydrogens (tertiary/aromatic N) is 4. The van der Waals surface area contributed by atoms with Gasteiger partial charge in [-0.1, -0.05) is 54.6 Å². The predicted octanol–water partition coefficient (Wildman–Crippen LogP) is 8.70. The van der Waals surface area contributed by atoms with Crippen molar-refractivity contribution in [2.45, 2.75) is 38.1 Å². The molecule has 1 spiro atoms. The summed E-state index contributed by atoms with van der Waals surface area (Å²) in [6.07, 6.45) is 3.73. The molecule has 2 aliphatic heterocycles. The van der Waals surface area contributed by atoms with Crippen LogP contribution >= 0.6 is 0 Å². The minimum atomic E-state index is -4.06. The third-order valence-corrected chi connectivity index (χ3v) is 13.0. The summed E-state index contributed by atoms with van der Waals surface area (Å²) in [5.41, 5.74) is 6.23. The molecule has 10 heteroatoms. The van der Waals surface area contributed by atoms with E-state index >= 15 is 0 Å². The standard InChI is InChI=1S/C46H51N5O4S/c1-9-23-49(24-10-2)25-26-50-45(52)35-17-13-14-20-36(35)46(50)37-27-31(5)39(47-11-3)29-42(37)55-43-30-41(32(6)28-38(43)46)51(12-4)56(53,54)44-22-16-18-33-34(44)19-15-21-40(33)48(7)8/h9-10,13-22,27-30,47H,1-2,11-12,23-26H2,3-8H3. The highest BCUT2D eigenvalue weighted by Crippen LogP contribution is 2.59. The Morgan fingerprint density at radius 2 is 1.46 bits per heavy atom. The molecule has 290 valence electrons. The summed E-state index contributed by atoms with van der Waals surface area (Å²) < 4.78 is 38.1. The normalized spacial score (nSPS) is 15.7. The Morgan fingerprint density at radius 3 is 2.14 bits per heavy atom. The number of hydrogen-bond acceptors (Lipinski definition) is 7. The first-order chi connectivity index (χ1) is 26.9. The molecule has 1 atom stereocenters. The summed E-state index contributed by atoms with van der Waals surface area (Å²) >= 11 is 0. The fourth-order valence-corrected chi connectivity index (χ4v) is 10.4. The third-order valence-electron chi connectivity index (χ3n) is 11.1. The fourth-order valence-electron chi connectivity index (χ4n) is 8.62. The van der Waals surface area contributed by atoms with E-state index in [-0.39, 0.29) is 17.3 Å². The molecule has 5 aromatic rings. The zero-order valence-corrected chi connectivity index (χ0v) is 34.0. The summed E-state index contributed by atoms with van der Waals surface area (Å²) in [6.45, 7) is 19.0. The zero-order chi connectivity index (χ0) is 39.9. The van der Waals surface area contributed by atoms with Crippen LogP contribution in [0.25, 0.3) is 10.8 Å². The topological polar surface area (TPSA) is 85.4 Å². The van der Waals surface area contributed by atoms with Gasteiger partial charge < -0.3 is 19.9 Å². The van der Waals surface area contributed by atoms with Crippen LogP contribution in [0.2, 0.25) is 0 Å². The van der Waals surface area contributed by atoms with Crippen LogP contribution in [-0.4, -0.2) is 77.5 Å². The Hall–Kier alpha value is -5.58. The fraction of sp³-hybridized carbons (Fsp3) is 0.283. The van der Waals surface area contributed by atoms with Crippen LogP contribution in [0, 0.1) is 13.8 Å². The van der Waals surface area contributed by atoms with E-state index < -0.39 is 15.6 Å². The van der Waals surface area contributed by atoms with Gasteiger partial charge in [-0.2, -0.15) is 0 Å². The van der Waals surface area contributed by atoms with Gasteiger partial charge in [0, 0.05) is 104 Å². The highest BCUT2D eigenvalue weighted by molar-refractivity contribution is 7.93. The maximum Gasteiger partial charge on any atom is 0.264 e. The summed E-state index contributed by atoms with van der Waals surface area (Å²) in [5, 5.41) is 4.98. The second-order valence-electron chi connectivity index (χ2n) is 14.7. The number of carbonyl (C=O) groups excluding carboxylic acids is 1. The first-order valence-electron chi connectivity index (χ1n) is 19.2. The molecule has 0 fully saturated rings. The average molecular weight is 770 g/mol. The van der Waals surface area contributed by atoms with Crippen LogP contribution in [-0.2, 0) is 15.6 Å². The number of benzene rings is 5. The van der Waals surface area contributed by atoms with E-state index in [2.05, 4.69) is 43.3 Å². The molecule has 0 aromatic heterocycles. The van der Waals surface area contributed by atoms with Crippen LogP contribution in [0.5, 0.6) is 11.5 Å². The molecule has 5 aromatic carbocycles. The zero-order valence-electron chi connectivity index (χ0n) is 33.2. The second-order valence-corrected chi connectivity index (χ2v) is 16.5. The molecule has 1 amide bonds. The summed E-state index contributed by atoms with van der Waals surface area (Å²) in [7, 11) is -0.159. The first kappa shape index (κ1) is 38.7. The number of sulfonamides is 1. The highest BCUT2D eigenvalue weighted by Gasteiger charge is 2.56. The molecule has 9 nitrogen and oxygen atoms in total. The monoisotopic (exact) mass is 769 g/mol. The van der Waals surface area contributed by atoms with Crippen molar-refractivity contribution < 1.29 is 17.9 Å². The van der Waals surface area contributed by atoms with E-state index in [4.69, 9.17) is 4.74 Å². The van der Waals surface area contributed by atoms with E-state index in [1.54, 1.807) is 12.1 Å². The predicted molar refractivity (Wildman–Crippen MR) is 229 cm³/mol. The number of rotatable bonds is 14. The summed E-state index contributed by atoms with van der Waals surface area (Å²) in [6, 6.07) is 27.0. The van der Waals surface area contributed by atoms with Crippen molar-refractivity contribution in [2.24, 2.45) is 0 Å². The lowest BCUT2D eigenvalue weighted by atomic mass is 9.73. The van der Waals surface area contributed by atoms with E-state index in [1.165, 1.54) is 4.31 Å². The van der Waals surface area contributed by atoms with Gasteiger partial charge in [-0.3, -0.25) is 14.0 Å². The van der Waals surface area contributed by atoms with Crippen molar-refractivity contribution in [3.05, 3.63) is 144 Å². The molecule has 0 bridgehead atoms. The van der Waals surface area contributed by atoms with Gasteiger partial charge in [-0.25, -0.2) is 8.42 Å². The van der Waals surface area contributed by atoms with E-state index in [1.807, 2.05) is 117 Å². The van der Waals surface area contributed by atoms with Crippen molar-refractivity contribution in [1.82, 2.24) is 9.80 Å². The number of carbonyl (C=O) groups is 1. The molecule has 0 saturated heterocycles. The second kappa shape index (κ2) is 15.2. The van der Waals surface area contributed by atoms with Crippen LogP contribution < -0.4 is 19.3 Å². The van der Waals surface area contributed by atoms with Crippen molar-refractivity contribution in [3.8, 4) is 11.5 Å². The van der Waals surface area contributed by atoms with Gasteiger partial charge in [-0.05, 0) is 74.7 Å². The Kier molecular flexibility index (Phi) is 10.5. The van der Waals surface area contributed by atoms with Gasteiger partial charge in [0.25, 0.3) is 15.9 Å². The Labute approximate surface area is 331 Å². The number of ether oxygens (including phenoxy) is 1. The van der Waals surface area contributed by atoms with Crippen molar-refractivity contribution >= 4 is 43.8 Å². The molecule has 0 saturated carbocycles.